The van der Waals surface area contributed by atoms with Gasteiger partial charge in [0.15, 0.2) is 5.82 Å². The fourth-order valence-corrected chi connectivity index (χ4v) is 3.09. The molecule has 0 N–H and O–H groups in total. The molecule has 0 aliphatic heterocycles. The summed E-state index contributed by atoms with van der Waals surface area (Å²) in [6.45, 7) is 0. The molecule has 1 heterocycles. The van der Waals surface area contributed by atoms with E-state index in [1.165, 1.54) is 11.3 Å². The van der Waals surface area contributed by atoms with E-state index in [0.717, 1.165) is 9.86 Å². The summed E-state index contributed by atoms with van der Waals surface area (Å²) in [5, 5.41) is 2.78. The molecule has 0 saturated heterocycles. The van der Waals surface area contributed by atoms with E-state index >= 15 is 0 Å². The molecule has 0 fully saturated rings. The lowest BCUT2D eigenvalue weighted by atomic mass is 10.2. The predicted octanol–water partition coefficient (Wildman–Crippen LogP) is 4.09. The Kier molecular flexibility index (Phi) is 2.14. The Morgan fingerprint density at radius 2 is 2.25 bits per heavy atom. The molecule has 1 aromatic carbocycles. The Hall–Kier alpha value is -0.0600. The number of halogens is 2. The average Bonchev–Trinajstić information content (AvgIpc) is 2.48. The van der Waals surface area contributed by atoms with Crippen LogP contribution in [0.5, 0.6) is 0 Å². The molecule has 12 heavy (non-hydrogen) atoms. The monoisotopic (exact) mass is 262 g/mol. The summed E-state index contributed by atoms with van der Waals surface area (Å²) in [6.07, 6.45) is 0. The van der Waals surface area contributed by atoms with E-state index in [2.05, 4.69) is 28.6 Å². The van der Waals surface area contributed by atoms with Gasteiger partial charge in [-0.2, -0.15) is 0 Å². The summed E-state index contributed by atoms with van der Waals surface area (Å²) in [5.41, 5.74) is 0. The van der Waals surface area contributed by atoms with Crippen LogP contribution >= 0.6 is 39.9 Å². The first-order valence-electron chi connectivity index (χ1n) is 3.24. The highest BCUT2D eigenvalue weighted by Gasteiger charge is 2.08. The molecule has 0 spiro atoms. The van der Waals surface area contributed by atoms with Gasteiger partial charge in [0.05, 0.1) is 4.70 Å². The number of hydrogen-bond acceptors (Lipinski definition) is 2. The molecule has 0 nitrogen and oxygen atoms in total. The second-order valence-electron chi connectivity index (χ2n) is 2.35. The lowest BCUT2D eigenvalue weighted by Gasteiger charge is -1.98. The number of thiol groups is 1. The number of thiophene rings is 1. The van der Waals surface area contributed by atoms with Crippen LogP contribution in [0.1, 0.15) is 0 Å². The van der Waals surface area contributed by atoms with Gasteiger partial charge in [0, 0.05) is 14.8 Å². The van der Waals surface area contributed by atoms with Gasteiger partial charge in [0.25, 0.3) is 0 Å². The third kappa shape index (κ3) is 1.18. The molecule has 0 unspecified atom stereocenters. The minimum absolute atomic E-state index is 0.230. The van der Waals surface area contributed by atoms with Crippen molar-refractivity contribution in [1.29, 1.82) is 0 Å². The molecule has 1 aromatic heterocycles. The van der Waals surface area contributed by atoms with Crippen molar-refractivity contribution in [3.8, 4) is 0 Å². The van der Waals surface area contributed by atoms with Crippen LogP contribution < -0.4 is 0 Å². The van der Waals surface area contributed by atoms with Crippen molar-refractivity contribution in [3.05, 3.63) is 27.8 Å². The van der Waals surface area contributed by atoms with Gasteiger partial charge in [-0.05, 0) is 17.5 Å². The van der Waals surface area contributed by atoms with Gasteiger partial charge in [-0.25, -0.2) is 4.39 Å². The fourth-order valence-electron chi connectivity index (χ4n) is 1.04. The molecular formula is C8H4BrFS2. The van der Waals surface area contributed by atoms with Crippen molar-refractivity contribution in [1.82, 2.24) is 0 Å². The maximum absolute atomic E-state index is 13.3. The number of rotatable bonds is 0. The highest BCUT2D eigenvalue weighted by molar-refractivity contribution is 9.10. The maximum Gasteiger partial charge on any atom is 0.154 e. The van der Waals surface area contributed by atoms with Crippen LogP contribution in [0.2, 0.25) is 0 Å². The van der Waals surface area contributed by atoms with Crippen molar-refractivity contribution >= 4 is 50.0 Å². The molecule has 0 radical (unpaired) electrons. The average molecular weight is 263 g/mol. The summed E-state index contributed by atoms with van der Waals surface area (Å²) in [4.78, 5) is 0.386. The van der Waals surface area contributed by atoms with Gasteiger partial charge in [-0.15, -0.1) is 24.0 Å². The molecule has 0 bridgehead atoms. The molecule has 62 valence electrons. The highest BCUT2D eigenvalue weighted by Crippen LogP contribution is 2.33. The third-order valence-electron chi connectivity index (χ3n) is 1.61. The number of benzene rings is 1. The molecule has 0 saturated carbocycles. The van der Waals surface area contributed by atoms with Gasteiger partial charge >= 0.3 is 0 Å². The van der Waals surface area contributed by atoms with E-state index in [9.17, 15) is 4.39 Å². The Bertz CT molecular complexity index is 436. The van der Waals surface area contributed by atoms with Crippen LogP contribution in [0, 0.1) is 5.82 Å². The van der Waals surface area contributed by atoms with Crippen molar-refractivity contribution < 1.29 is 4.39 Å². The predicted molar refractivity (Wildman–Crippen MR) is 56.7 cm³/mol. The first-order chi connectivity index (χ1) is 5.70. The van der Waals surface area contributed by atoms with Crippen LogP contribution in [-0.2, 0) is 0 Å². The molecule has 2 aromatic rings. The normalized spacial score (nSPS) is 10.9. The summed E-state index contributed by atoms with van der Waals surface area (Å²) in [6, 6.07) is 3.56. The van der Waals surface area contributed by atoms with E-state index < -0.39 is 0 Å². The molecule has 4 heteroatoms. The van der Waals surface area contributed by atoms with Crippen molar-refractivity contribution in [2.24, 2.45) is 0 Å². The smallest absolute Gasteiger partial charge is 0.154 e. The quantitative estimate of drug-likeness (QED) is 0.680. The van der Waals surface area contributed by atoms with Crippen LogP contribution in [0.15, 0.2) is 26.9 Å². The zero-order valence-electron chi connectivity index (χ0n) is 5.84. The van der Waals surface area contributed by atoms with Gasteiger partial charge < -0.3 is 0 Å². The SMILES string of the molecule is Fc1c(S)cc(Br)c2ccsc12. The van der Waals surface area contributed by atoms with Crippen LogP contribution in [0.4, 0.5) is 4.39 Å². The Morgan fingerprint density at radius 3 is 3.00 bits per heavy atom. The highest BCUT2D eigenvalue weighted by atomic mass is 79.9. The molecule has 0 atom stereocenters. The molecule has 0 aliphatic carbocycles. The lowest BCUT2D eigenvalue weighted by molar-refractivity contribution is 0.617. The first kappa shape index (κ1) is 8.53. The number of fused-ring (bicyclic) bond motifs is 1. The second-order valence-corrected chi connectivity index (χ2v) is 4.61. The van der Waals surface area contributed by atoms with E-state index in [1.807, 2.05) is 11.4 Å². The Balaban J connectivity index is 2.97. The minimum atomic E-state index is -0.230. The number of hydrogen-bond donors (Lipinski definition) is 1. The van der Waals surface area contributed by atoms with Gasteiger partial charge in [0.2, 0.25) is 0 Å². The van der Waals surface area contributed by atoms with Crippen molar-refractivity contribution in [2.75, 3.05) is 0 Å². The van der Waals surface area contributed by atoms with E-state index in [1.54, 1.807) is 6.07 Å². The molecule has 0 amide bonds. The summed E-state index contributed by atoms with van der Waals surface area (Å²) in [5.74, 6) is -0.230. The largest absolute Gasteiger partial charge is 0.204 e. The van der Waals surface area contributed by atoms with Crippen molar-refractivity contribution in [2.45, 2.75) is 4.90 Å². The second kappa shape index (κ2) is 3.01. The zero-order valence-corrected chi connectivity index (χ0v) is 9.14. The van der Waals surface area contributed by atoms with E-state index in [0.29, 0.717) is 9.60 Å². The molecular weight excluding hydrogens is 259 g/mol. The molecule has 0 aliphatic rings. The van der Waals surface area contributed by atoms with Gasteiger partial charge in [-0.1, -0.05) is 15.9 Å². The van der Waals surface area contributed by atoms with Crippen LogP contribution in [0.25, 0.3) is 10.1 Å². The third-order valence-corrected chi connectivity index (χ3v) is 3.50. The van der Waals surface area contributed by atoms with Gasteiger partial charge in [0.1, 0.15) is 0 Å². The van der Waals surface area contributed by atoms with Gasteiger partial charge in [-0.3, -0.25) is 0 Å². The Morgan fingerprint density at radius 1 is 1.50 bits per heavy atom. The first-order valence-corrected chi connectivity index (χ1v) is 5.36. The fraction of sp³-hybridized carbons (Fsp3) is 0. The topological polar surface area (TPSA) is 0 Å². The molecule has 2 rings (SSSR count). The minimum Gasteiger partial charge on any atom is -0.204 e. The Labute approximate surface area is 86.9 Å². The maximum atomic E-state index is 13.3. The lowest BCUT2D eigenvalue weighted by Crippen LogP contribution is -1.78. The van der Waals surface area contributed by atoms with Crippen LogP contribution in [-0.4, -0.2) is 0 Å². The van der Waals surface area contributed by atoms with Crippen molar-refractivity contribution in [3.63, 3.8) is 0 Å². The summed E-state index contributed by atoms with van der Waals surface area (Å²) >= 11 is 8.76. The van der Waals surface area contributed by atoms with Crippen LogP contribution in [0.3, 0.4) is 0 Å². The summed E-state index contributed by atoms with van der Waals surface area (Å²) < 4.78 is 14.9. The standard InChI is InChI=1S/C8H4BrFS2/c9-5-3-6(11)7(10)8-4(5)1-2-12-8/h1-3,11H. The van der Waals surface area contributed by atoms with E-state index in [-0.39, 0.29) is 5.82 Å². The van der Waals surface area contributed by atoms with E-state index in [4.69, 9.17) is 0 Å². The summed E-state index contributed by atoms with van der Waals surface area (Å²) in [7, 11) is 0. The zero-order chi connectivity index (χ0) is 8.72.